The van der Waals surface area contributed by atoms with Crippen molar-refractivity contribution in [3.05, 3.63) is 29.8 Å². The monoisotopic (exact) mass is 238 g/mol. The van der Waals surface area contributed by atoms with E-state index in [1.54, 1.807) is 19.9 Å². The molecule has 86 valence electrons. The Labute approximate surface area is 98.1 Å². The van der Waals surface area contributed by atoms with Gasteiger partial charge < -0.3 is 9.05 Å². The zero-order valence-corrected chi connectivity index (χ0v) is 10.6. The fraction of sp³-hybridized carbons (Fsp3) is 0.455. The fourth-order valence-corrected chi connectivity index (χ4v) is 3.16. The van der Waals surface area contributed by atoms with E-state index in [1.165, 1.54) is 0 Å². The normalized spacial score (nSPS) is 11.6. The van der Waals surface area contributed by atoms with E-state index in [0.717, 1.165) is 5.56 Å². The van der Waals surface area contributed by atoms with Gasteiger partial charge in [-0.25, -0.2) is 0 Å². The number of benzene rings is 1. The van der Waals surface area contributed by atoms with E-state index in [-0.39, 0.29) is 6.16 Å². The van der Waals surface area contributed by atoms with Gasteiger partial charge in [-0.2, -0.15) is 0 Å². The van der Waals surface area contributed by atoms with Crippen LogP contribution in [0.5, 0.6) is 0 Å². The molecule has 1 rings (SSSR count). The highest BCUT2D eigenvalue weighted by Crippen LogP contribution is 2.50. The predicted octanol–water partition coefficient (Wildman–Crippen LogP) is 2.25. The fourth-order valence-electron chi connectivity index (χ4n) is 1.41. The number of rotatable bonds is 6. The molecule has 0 atom stereocenters. The lowest BCUT2D eigenvalue weighted by Gasteiger charge is -2.18. The van der Waals surface area contributed by atoms with Gasteiger partial charge in [0, 0.05) is 0 Å². The minimum Gasteiger partial charge on any atom is -0.309 e. The molecule has 0 fully saturated rings. The maximum Gasteiger partial charge on any atom is 0.334 e. The molecule has 5 heteroatoms. The summed E-state index contributed by atoms with van der Waals surface area (Å²) < 4.78 is 22.6. The van der Waals surface area contributed by atoms with Crippen LogP contribution in [0.2, 0.25) is 0 Å². The highest BCUT2D eigenvalue weighted by molar-refractivity contribution is 7.53. The molecule has 1 aromatic rings. The van der Waals surface area contributed by atoms with Crippen molar-refractivity contribution in [1.82, 2.24) is 0 Å². The summed E-state index contributed by atoms with van der Waals surface area (Å²) >= 11 is 0. The molecule has 0 unspecified atom stereocenters. The van der Waals surface area contributed by atoms with Crippen LogP contribution in [0.25, 0.3) is 0 Å². The summed E-state index contributed by atoms with van der Waals surface area (Å²) in [6.45, 7) is 4.31. The van der Waals surface area contributed by atoms with Crippen molar-refractivity contribution in [2.24, 2.45) is 0 Å². The molecule has 0 amide bonds. The van der Waals surface area contributed by atoms with E-state index in [9.17, 15) is 4.57 Å². The Hall–Kier alpha value is -0.565. The van der Waals surface area contributed by atoms with Crippen LogP contribution < -0.4 is 5.46 Å². The highest BCUT2D eigenvalue weighted by Gasteiger charge is 2.24. The van der Waals surface area contributed by atoms with Gasteiger partial charge in [-0.3, -0.25) is 4.57 Å². The quantitative estimate of drug-likeness (QED) is 0.563. The Morgan fingerprint density at radius 2 is 1.75 bits per heavy atom. The van der Waals surface area contributed by atoms with E-state index in [1.807, 2.05) is 18.2 Å². The minimum atomic E-state index is -3.05. The average Bonchev–Trinajstić information content (AvgIpc) is 2.22. The number of hydrogen-bond donors (Lipinski definition) is 0. The van der Waals surface area contributed by atoms with Gasteiger partial charge in [0.1, 0.15) is 7.85 Å². The first-order valence-electron chi connectivity index (χ1n) is 5.33. The van der Waals surface area contributed by atoms with Crippen molar-refractivity contribution in [2.45, 2.75) is 20.0 Å². The van der Waals surface area contributed by atoms with E-state index in [4.69, 9.17) is 16.9 Å². The molecular formula is C11H16BO3P. The van der Waals surface area contributed by atoms with Gasteiger partial charge in [-0.05, 0) is 19.4 Å². The molecular weight excluding hydrogens is 222 g/mol. The van der Waals surface area contributed by atoms with Crippen molar-refractivity contribution in [2.75, 3.05) is 13.2 Å². The van der Waals surface area contributed by atoms with Crippen LogP contribution >= 0.6 is 7.60 Å². The Kier molecular flexibility index (Phi) is 5.26. The second-order valence-corrected chi connectivity index (χ2v) is 5.36. The zero-order chi connectivity index (χ0) is 12.0. The highest BCUT2D eigenvalue weighted by atomic mass is 31.2. The molecule has 0 spiro atoms. The molecule has 0 heterocycles. The lowest BCUT2D eigenvalue weighted by Crippen LogP contribution is -2.11. The molecule has 0 aliphatic carbocycles. The van der Waals surface area contributed by atoms with Crippen molar-refractivity contribution in [1.29, 1.82) is 0 Å². The van der Waals surface area contributed by atoms with Gasteiger partial charge >= 0.3 is 7.60 Å². The van der Waals surface area contributed by atoms with Gasteiger partial charge in [0.25, 0.3) is 0 Å². The van der Waals surface area contributed by atoms with Crippen LogP contribution in [0.4, 0.5) is 0 Å². The maximum absolute atomic E-state index is 12.2. The molecule has 3 nitrogen and oxygen atoms in total. The van der Waals surface area contributed by atoms with Crippen molar-refractivity contribution < 1.29 is 13.6 Å². The third-order valence-electron chi connectivity index (χ3n) is 2.07. The largest absolute Gasteiger partial charge is 0.334 e. The Morgan fingerprint density at radius 1 is 1.19 bits per heavy atom. The third-order valence-corrected chi connectivity index (χ3v) is 4.10. The smallest absolute Gasteiger partial charge is 0.309 e. The molecule has 1 aromatic carbocycles. The molecule has 0 aliphatic rings. The lowest BCUT2D eigenvalue weighted by atomic mass is 9.92. The molecule has 0 saturated heterocycles. The average molecular weight is 238 g/mol. The van der Waals surface area contributed by atoms with E-state index >= 15 is 0 Å². The third kappa shape index (κ3) is 3.78. The van der Waals surface area contributed by atoms with Gasteiger partial charge in [0.05, 0.1) is 19.4 Å². The van der Waals surface area contributed by atoms with Crippen LogP contribution in [-0.4, -0.2) is 21.1 Å². The van der Waals surface area contributed by atoms with Gasteiger partial charge in [-0.1, -0.05) is 29.7 Å². The Morgan fingerprint density at radius 3 is 2.25 bits per heavy atom. The summed E-state index contributed by atoms with van der Waals surface area (Å²) in [5.74, 6) is 0. The van der Waals surface area contributed by atoms with Crippen molar-refractivity contribution >= 4 is 20.9 Å². The second-order valence-electron chi connectivity index (χ2n) is 3.30. The standard InChI is InChI=1S/C11H16BO3P/c1-3-14-16(13,15-4-2)9-10-7-5-6-8-11(10)12/h5-8H,3-4,9H2,1-2H3. The van der Waals surface area contributed by atoms with Crippen molar-refractivity contribution in [3.8, 4) is 0 Å². The van der Waals surface area contributed by atoms with Gasteiger partial charge in [-0.15, -0.1) is 0 Å². The number of hydrogen-bond acceptors (Lipinski definition) is 3. The molecule has 0 aliphatic heterocycles. The van der Waals surface area contributed by atoms with E-state index in [0.29, 0.717) is 18.7 Å². The lowest BCUT2D eigenvalue weighted by molar-refractivity contribution is 0.219. The molecule has 0 N–H and O–H groups in total. The molecule has 16 heavy (non-hydrogen) atoms. The summed E-state index contributed by atoms with van der Waals surface area (Å²) in [5, 5.41) is 0. The molecule has 2 radical (unpaired) electrons. The first-order chi connectivity index (χ1) is 7.61. The molecule has 0 saturated carbocycles. The molecule has 0 bridgehead atoms. The SMILES string of the molecule is [B]c1ccccc1CP(=O)(OCC)OCC. The van der Waals surface area contributed by atoms with Crippen LogP contribution in [-0.2, 0) is 19.8 Å². The summed E-state index contributed by atoms with van der Waals surface area (Å²) in [4.78, 5) is 0. The Balaban J connectivity index is 2.83. The van der Waals surface area contributed by atoms with Crippen LogP contribution in [0, 0.1) is 0 Å². The summed E-state index contributed by atoms with van der Waals surface area (Å²) in [5.41, 5.74) is 1.41. The molecule has 0 aromatic heterocycles. The van der Waals surface area contributed by atoms with Gasteiger partial charge in [0.2, 0.25) is 0 Å². The Bertz CT molecular complexity index is 371. The van der Waals surface area contributed by atoms with Crippen molar-refractivity contribution in [3.63, 3.8) is 0 Å². The topological polar surface area (TPSA) is 35.5 Å². The van der Waals surface area contributed by atoms with Crippen LogP contribution in [0.3, 0.4) is 0 Å². The maximum atomic E-state index is 12.2. The van der Waals surface area contributed by atoms with E-state index < -0.39 is 7.60 Å². The second kappa shape index (κ2) is 6.24. The van der Waals surface area contributed by atoms with E-state index in [2.05, 4.69) is 0 Å². The van der Waals surface area contributed by atoms with Crippen LogP contribution in [0.15, 0.2) is 24.3 Å². The summed E-state index contributed by atoms with van der Waals surface area (Å²) in [6.07, 6.45) is 0.224. The first-order valence-corrected chi connectivity index (χ1v) is 7.05. The van der Waals surface area contributed by atoms with Gasteiger partial charge in [0.15, 0.2) is 0 Å². The predicted molar refractivity (Wildman–Crippen MR) is 66.4 cm³/mol. The first kappa shape index (κ1) is 13.5. The summed E-state index contributed by atoms with van der Waals surface area (Å²) in [6, 6.07) is 7.30. The summed E-state index contributed by atoms with van der Waals surface area (Å²) in [7, 11) is 2.74. The van der Waals surface area contributed by atoms with Crippen LogP contribution in [0.1, 0.15) is 19.4 Å². The minimum absolute atomic E-state index is 0.224. The zero-order valence-electron chi connectivity index (χ0n) is 9.68.